The lowest BCUT2D eigenvalue weighted by molar-refractivity contribution is 0.131. The second kappa shape index (κ2) is 11.3. The van der Waals surface area contributed by atoms with Crippen LogP contribution in [0.15, 0.2) is 45.9 Å². The first kappa shape index (κ1) is 24.1. The van der Waals surface area contributed by atoms with Gasteiger partial charge in [0.2, 0.25) is 9.84 Å². The first-order valence-corrected chi connectivity index (χ1v) is 13.4. The van der Waals surface area contributed by atoms with E-state index in [2.05, 4.69) is 0 Å². The summed E-state index contributed by atoms with van der Waals surface area (Å²) in [5, 5.41) is 0. The molecule has 1 aliphatic rings. The zero-order valence-electron chi connectivity index (χ0n) is 17.6. The third-order valence-electron chi connectivity index (χ3n) is 4.89. The van der Waals surface area contributed by atoms with Crippen LogP contribution in [0.1, 0.15) is 65.7 Å². The summed E-state index contributed by atoms with van der Waals surface area (Å²) in [6.45, 7) is 5.61. The van der Waals surface area contributed by atoms with Crippen LogP contribution in [0.3, 0.4) is 0 Å². The van der Waals surface area contributed by atoms with Gasteiger partial charge >= 0.3 is 7.82 Å². The largest absolute Gasteiger partial charge is 0.529 e. The molecule has 0 radical (unpaired) electrons. The lowest BCUT2D eigenvalue weighted by Crippen LogP contribution is -2.18. The van der Waals surface area contributed by atoms with Gasteiger partial charge in [-0.3, -0.25) is 9.05 Å². The highest BCUT2D eigenvalue weighted by Gasteiger charge is 2.36. The van der Waals surface area contributed by atoms with Crippen molar-refractivity contribution >= 4 is 17.7 Å². The number of rotatable bonds is 11. The summed E-state index contributed by atoms with van der Waals surface area (Å²) < 4.78 is 56.7. The zero-order chi connectivity index (χ0) is 21.3. The molecule has 1 aliphatic carbocycles. The van der Waals surface area contributed by atoms with Crippen LogP contribution < -0.4 is 0 Å². The van der Waals surface area contributed by atoms with E-state index in [4.69, 9.17) is 13.6 Å². The summed E-state index contributed by atoms with van der Waals surface area (Å²) in [7, 11) is -7.69. The molecule has 0 N–H and O–H groups in total. The van der Waals surface area contributed by atoms with Crippen molar-refractivity contribution in [3.05, 3.63) is 41.0 Å². The van der Waals surface area contributed by atoms with Gasteiger partial charge in [0.25, 0.3) is 0 Å². The van der Waals surface area contributed by atoms with Crippen molar-refractivity contribution in [1.29, 1.82) is 0 Å². The van der Waals surface area contributed by atoms with Crippen molar-refractivity contribution in [2.45, 2.75) is 70.6 Å². The fraction of sp³-hybridized carbons (Fsp3) is 0.619. The van der Waals surface area contributed by atoms with E-state index >= 15 is 0 Å². The number of phosphoric acid groups is 1. The van der Waals surface area contributed by atoms with Crippen molar-refractivity contribution in [3.8, 4) is 0 Å². The molecule has 164 valence electrons. The predicted molar refractivity (Wildman–Crippen MR) is 114 cm³/mol. The SMILES string of the molecule is CCC/C(=C(/OP(=O)(OCC)OCC)C1CCCCC1)S(=O)(=O)c1ccccc1. The second-order valence-corrected chi connectivity index (χ2v) is 10.6. The molecule has 0 heterocycles. The molecule has 0 saturated heterocycles. The van der Waals surface area contributed by atoms with Crippen LogP contribution >= 0.6 is 7.82 Å². The normalized spacial score (nSPS) is 17.1. The average molecular weight is 445 g/mol. The molecule has 29 heavy (non-hydrogen) atoms. The van der Waals surface area contributed by atoms with Crippen molar-refractivity contribution in [2.75, 3.05) is 13.2 Å². The molecule has 6 nitrogen and oxygen atoms in total. The molecule has 8 heteroatoms. The maximum absolute atomic E-state index is 13.5. The molecule has 0 aliphatic heterocycles. The number of benzene rings is 1. The molecule has 1 saturated carbocycles. The Morgan fingerprint density at radius 1 is 1.00 bits per heavy atom. The maximum atomic E-state index is 13.5. The van der Waals surface area contributed by atoms with Gasteiger partial charge in [0.1, 0.15) is 5.76 Å². The maximum Gasteiger partial charge on any atom is 0.529 e. The van der Waals surface area contributed by atoms with Crippen LogP contribution in [0.5, 0.6) is 0 Å². The highest BCUT2D eigenvalue weighted by Crippen LogP contribution is 2.54. The number of sulfone groups is 1. The minimum Gasteiger partial charge on any atom is -0.407 e. The van der Waals surface area contributed by atoms with Gasteiger partial charge in [0, 0.05) is 5.92 Å². The van der Waals surface area contributed by atoms with E-state index in [9.17, 15) is 13.0 Å². The summed E-state index contributed by atoms with van der Waals surface area (Å²) in [4.78, 5) is 0.403. The Hall–Kier alpha value is -1.14. The van der Waals surface area contributed by atoms with Crippen LogP contribution in [-0.4, -0.2) is 21.6 Å². The molecule has 0 bridgehead atoms. The summed E-state index contributed by atoms with van der Waals surface area (Å²) in [5.74, 6) is 0.152. The van der Waals surface area contributed by atoms with Crippen molar-refractivity contribution in [2.24, 2.45) is 5.92 Å². The Bertz CT molecular complexity index is 803. The van der Waals surface area contributed by atoms with E-state index in [1.807, 2.05) is 6.92 Å². The predicted octanol–water partition coefficient (Wildman–Crippen LogP) is 6.25. The van der Waals surface area contributed by atoms with E-state index < -0.39 is 17.7 Å². The highest BCUT2D eigenvalue weighted by atomic mass is 32.2. The lowest BCUT2D eigenvalue weighted by atomic mass is 9.87. The third kappa shape index (κ3) is 6.42. The van der Waals surface area contributed by atoms with Crippen molar-refractivity contribution < 1.29 is 26.6 Å². The molecule has 0 atom stereocenters. The molecule has 0 spiro atoms. The molecule has 0 amide bonds. The van der Waals surface area contributed by atoms with Gasteiger partial charge in [0.15, 0.2) is 0 Å². The zero-order valence-corrected chi connectivity index (χ0v) is 19.3. The van der Waals surface area contributed by atoms with Gasteiger partial charge < -0.3 is 4.52 Å². The number of phosphoric ester groups is 1. The highest BCUT2D eigenvalue weighted by molar-refractivity contribution is 7.95. The standard InChI is InChI=1S/C21H33O6PS/c1-4-13-20(29(23,24)19-16-11-8-12-17-19)21(18-14-9-7-10-15-18)27-28(22,25-5-2)26-6-3/h8,11-12,16-18H,4-7,9-10,13-15H2,1-3H3/b21-20-. The monoisotopic (exact) mass is 444 g/mol. The first-order chi connectivity index (χ1) is 13.9. The van der Waals surface area contributed by atoms with Gasteiger partial charge in [-0.15, -0.1) is 0 Å². The van der Waals surface area contributed by atoms with E-state index in [0.717, 1.165) is 32.1 Å². The van der Waals surface area contributed by atoms with Crippen LogP contribution in [0, 0.1) is 5.92 Å². The Balaban J connectivity index is 2.62. The lowest BCUT2D eigenvalue weighted by Gasteiger charge is -2.29. The topological polar surface area (TPSA) is 78.9 Å². The summed E-state index contributed by atoms with van der Waals surface area (Å²) in [6, 6.07) is 8.33. The summed E-state index contributed by atoms with van der Waals surface area (Å²) in [5.41, 5.74) is 0. The third-order valence-corrected chi connectivity index (χ3v) is 8.41. The average Bonchev–Trinajstić information content (AvgIpc) is 2.72. The number of hydrogen-bond acceptors (Lipinski definition) is 6. The van der Waals surface area contributed by atoms with E-state index in [1.165, 1.54) is 0 Å². The molecule has 0 unspecified atom stereocenters. The number of hydrogen-bond donors (Lipinski definition) is 0. The molecule has 0 aromatic heterocycles. The molecule has 1 aromatic rings. The summed E-state index contributed by atoms with van der Waals surface area (Å²) in [6.07, 6.45) is 5.59. The Morgan fingerprint density at radius 3 is 2.10 bits per heavy atom. The van der Waals surface area contributed by atoms with Crippen LogP contribution in [-0.2, 0) is 28.0 Å². The minimum atomic E-state index is -3.90. The Labute approximate surface area is 175 Å². The van der Waals surface area contributed by atoms with E-state index in [1.54, 1.807) is 44.2 Å². The molecular weight excluding hydrogens is 411 g/mol. The van der Waals surface area contributed by atoms with Crippen molar-refractivity contribution in [3.63, 3.8) is 0 Å². The summed E-state index contributed by atoms with van der Waals surface area (Å²) >= 11 is 0. The molecule has 2 rings (SSSR count). The van der Waals surface area contributed by atoms with Crippen molar-refractivity contribution in [1.82, 2.24) is 0 Å². The fourth-order valence-corrected chi connectivity index (χ4v) is 6.72. The van der Waals surface area contributed by atoms with Crippen LogP contribution in [0.4, 0.5) is 0 Å². The van der Waals surface area contributed by atoms with E-state index in [0.29, 0.717) is 12.8 Å². The van der Waals surface area contributed by atoms with Gasteiger partial charge in [-0.05, 0) is 45.2 Å². The quantitative estimate of drug-likeness (QED) is 0.296. The molecule has 1 aromatic carbocycles. The Kier molecular flexibility index (Phi) is 9.41. The van der Waals surface area contributed by atoms with Crippen LogP contribution in [0.2, 0.25) is 0 Å². The van der Waals surface area contributed by atoms with Gasteiger partial charge in [-0.25, -0.2) is 13.0 Å². The fourth-order valence-electron chi connectivity index (χ4n) is 3.60. The van der Waals surface area contributed by atoms with Gasteiger partial charge in [0.05, 0.1) is 23.0 Å². The van der Waals surface area contributed by atoms with Crippen LogP contribution in [0.25, 0.3) is 0 Å². The van der Waals surface area contributed by atoms with Gasteiger partial charge in [-0.1, -0.05) is 50.8 Å². The number of allylic oxidation sites excluding steroid dienone is 2. The molecular formula is C21H33O6PS. The van der Waals surface area contributed by atoms with Gasteiger partial charge in [-0.2, -0.15) is 0 Å². The first-order valence-electron chi connectivity index (χ1n) is 10.5. The Morgan fingerprint density at radius 2 is 1.59 bits per heavy atom. The smallest absolute Gasteiger partial charge is 0.407 e. The minimum absolute atomic E-state index is 0.113. The van der Waals surface area contributed by atoms with E-state index in [-0.39, 0.29) is 34.7 Å². The molecule has 1 fully saturated rings. The second-order valence-electron chi connectivity index (χ2n) is 7.06.